The summed E-state index contributed by atoms with van der Waals surface area (Å²) in [5, 5.41) is 106. The summed E-state index contributed by atoms with van der Waals surface area (Å²) in [5.41, 5.74) is 8.57. The van der Waals surface area contributed by atoms with Gasteiger partial charge in [-0.3, -0.25) is 67.8 Å². The van der Waals surface area contributed by atoms with Gasteiger partial charge in [-0.25, -0.2) is 44.2 Å². The van der Waals surface area contributed by atoms with Crippen LogP contribution in [0.15, 0.2) is 83.8 Å². The Kier molecular flexibility index (Phi) is 32.2. The maximum atomic E-state index is 15.6. The van der Waals surface area contributed by atoms with E-state index in [1.165, 1.54) is 37.6 Å². The molecule has 7 aliphatic rings. The zero-order chi connectivity index (χ0) is 97.9. The largest absolute Gasteiger partial charge is 0.496 e. The van der Waals surface area contributed by atoms with Crippen LogP contribution in [0.3, 0.4) is 0 Å². The minimum atomic E-state index is -2.10. The monoisotopic (exact) mass is 1930 g/mol. The highest BCUT2D eigenvalue weighted by Gasteiger charge is 2.77. The van der Waals surface area contributed by atoms with Crippen LogP contribution in [0.25, 0.3) is 22.1 Å². The quantitative estimate of drug-likeness (QED) is 0.00707. The number of methoxy groups -OCH3 is 2. The van der Waals surface area contributed by atoms with Gasteiger partial charge in [0.15, 0.2) is 11.2 Å². The number of H-pyrrole nitrogens is 2. The summed E-state index contributed by atoms with van der Waals surface area (Å²) < 4.78 is 17.8. The second kappa shape index (κ2) is 43.3. The van der Waals surface area contributed by atoms with E-state index in [9.17, 15) is 103 Å². The van der Waals surface area contributed by atoms with Crippen molar-refractivity contribution in [3.63, 3.8) is 0 Å². The van der Waals surface area contributed by atoms with Gasteiger partial charge in [-0.15, -0.1) is 5.59 Å². The number of aromatic nitrogens is 5. The number of hydrogen-bond acceptors (Lipinski definition) is 34. The standard InChI is InChI=1S/C88H114N20O26S2/c1-6-84(129)38-47-39-87(81(127)132-5,69-52(19-24-107(42-47)45-84)51-11-8-9-12-55(51)98-69)54-33-53-61(37-62(54)131-4)104(3)79-86(53)21-25-108-23-10-20-85(7-2,78(86)108)80(126)88(79,130)46-134-103-102-83(128)133-31-32-135-136-44-60(77(124)125)97-66(112)35-58(75(120)121)95-65(111)36-59(76(122)123)96-67(113)43-106-29-27-105(28-30-106)26-22-90-64(110)34-57(74(118)119)94-63(109)18-17-56(73(116)117)99-71(114)48-13-15-49(16-14-48)91-40-50-41-92-70-68(93-50)72(115)101-82(89)100-70/h8-16,20,33,37,41,47,56-60,78-80,91,98,103,126,129-130H,6-7,17-19,21-32,34-36,38-40,42-46H2,1-5H3,(H,90,110)(H,94,109)(H,95,111)(H,96,113)(H,97,112)(H,99,114)(H,102,128)(H,116,117)(H,118,119)(H,120,121)(H,122,123)(H,124,125)(H3,89,92,100,101,115)/t47?,56-,57-,58-,59-,60-,78?,79?,80+,84-,85+,86?,87-,88-/m0/s1. The van der Waals surface area contributed by atoms with Crippen LogP contribution >= 0.6 is 21.6 Å². The molecule has 4 fully saturated rings. The molecule has 9 heterocycles. The highest BCUT2D eigenvalue weighted by Crippen LogP contribution is 2.68. The van der Waals surface area contributed by atoms with E-state index in [1.807, 2.05) is 72.4 Å². The molecule has 21 N–H and O–H groups in total. The molecule has 0 radical (unpaired) electrons. The number of aliphatic hydroxyl groups is 3. The number of carboxylic acid groups (broad SMARTS) is 5. The van der Waals surface area contributed by atoms with Crippen molar-refractivity contribution in [1.82, 2.24) is 87.4 Å². The number of aliphatic hydroxyl groups excluding tert-OH is 1. The Balaban J connectivity index is 0.517. The lowest BCUT2D eigenvalue weighted by molar-refractivity contribution is -0.228. The Bertz CT molecular complexity index is 5610. The van der Waals surface area contributed by atoms with Gasteiger partial charge in [-0.2, -0.15) is 4.98 Å². The van der Waals surface area contributed by atoms with Crippen molar-refractivity contribution < 1.29 is 122 Å². The zero-order valence-electron chi connectivity index (χ0n) is 75.4. The van der Waals surface area contributed by atoms with Crippen LogP contribution in [0.1, 0.15) is 116 Å². The number of aromatic amines is 2. The first-order chi connectivity index (χ1) is 64.9. The average Bonchev–Trinajstić information content (AvgIpc) is 1.48. The van der Waals surface area contributed by atoms with Crippen LogP contribution in [0.4, 0.5) is 22.1 Å². The van der Waals surface area contributed by atoms with Crippen molar-refractivity contribution in [2.75, 3.05) is 140 Å². The molecule has 3 aromatic heterocycles. The summed E-state index contributed by atoms with van der Waals surface area (Å²) in [6.45, 7) is 7.31. The number of carbonyl (C=O) groups is 13. The molecule has 7 amide bonds. The molecule has 5 unspecified atom stereocenters. The van der Waals surface area contributed by atoms with Gasteiger partial charge in [-0.05, 0) is 105 Å². The van der Waals surface area contributed by atoms with Crippen molar-refractivity contribution >= 4 is 138 Å². The third-order valence-electron chi connectivity index (χ3n) is 26.9. The van der Waals surface area contributed by atoms with E-state index in [-0.39, 0.29) is 98.4 Å². The van der Waals surface area contributed by atoms with Gasteiger partial charge in [0.2, 0.25) is 35.5 Å². The van der Waals surface area contributed by atoms with Crippen molar-refractivity contribution in [3.05, 3.63) is 123 Å². The van der Waals surface area contributed by atoms with Crippen molar-refractivity contribution in [3.8, 4) is 5.75 Å². The number of aliphatic carboxylic acids is 5. The fourth-order valence-electron chi connectivity index (χ4n) is 20.6. The van der Waals surface area contributed by atoms with Gasteiger partial charge in [0, 0.05) is 152 Å². The molecular weight excluding hydrogens is 1820 g/mol. The zero-order valence-corrected chi connectivity index (χ0v) is 77.0. The number of nitrogens with zero attached hydrogens (tertiary/aromatic N) is 8. The molecule has 136 heavy (non-hydrogen) atoms. The maximum Gasteiger partial charge on any atom is 0.423 e. The van der Waals surface area contributed by atoms with Gasteiger partial charge in [-0.1, -0.05) is 65.8 Å². The predicted octanol–water partition coefficient (Wildman–Crippen LogP) is -1.14. The summed E-state index contributed by atoms with van der Waals surface area (Å²) in [4.78, 5) is 215. The number of anilines is 3. The first-order valence-corrected chi connectivity index (χ1v) is 47.0. The SMILES string of the molecule is CC[C@]1(O)CC2CN(CCc3c([nH]c4ccccc34)[C@@](C(=O)OC)(c3cc4c(cc3OC)N(C)C3C45CCN4CC=C[C@](CC)(C45)[C@@H](O)[C@]3(O)CONNC(=O)OCCSSC[C@H](NC(=O)C[C@H](NC(=O)C[C@H](NC(=O)CN3CCN(CCNC(=O)C[C@H](NC(=O)CC[C@H](NC(=O)c4ccc(NCc5cnc6nc(N)[nH]c(=O)c6n5)cc4)C(=O)O)C(=O)O)CC3)C(=O)O)C(=O)O)C(=O)O)C2)C1. The van der Waals surface area contributed by atoms with Crippen LogP contribution in [0.5, 0.6) is 5.75 Å². The van der Waals surface area contributed by atoms with Gasteiger partial charge in [0.25, 0.3) is 11.5 Å². The van der Waals surface area contributed by atoms with Gasteiger partial charge >= 0.3 is 41.9 Å². The predicted molar refractivity (Wildman–Crippen MR) is 490 cm³/mol. The van der Waals surface area contributed by atoms with Crippen LogP contribution in [-0.4, -0.2) is 347 Å². The number of nitrogens with one attached hydrogen (secondary N) is 11. The first kappa shape index (κ1) is 101. The summed E-state index contributed by atoms with van der Waals surface area (Å²) in [6, 6.07) is 7.76. The lowest BCUT2D eigenvalue weighted by atomic mass is 9.48. The molecule has 734 valence electrons. The molecule has 15 atom stereocenters. The number of hydrogen-bond donors (Lipinski definition) is 20. The molecule has 13 rings (SSSR count). The van der Waals surface area contributed by atoms with E-state index < -0.39 is 191 Å². The van der Waals surface area contributed by atoms with E-state index in [1.54, 1.807) is 12.0 Å². The fourth-order valence-corrected chi connectivity index (χ4v) is 22.6. The van der Waals surface area contributed by atoms with E-state index in [0.29, 0.717) is 112 Å². The van der Waals surface area contributed by atoms with Crippen LogP contribution < -0.4 is 69.2 Å². The van der Waals surface area contributed by atoms with E-state index in [2.05, 4.69) is 89.8 Å². The minimum Gasteiger partial charge on any atom is -0.496 e. The number of carboxylic acids is 5. The molecule has 2 bridgehead atoms. The van der Waals surface area contributed by atoms with Crippen molar-refractivity contribution in [2.24, 2.45) is 11.3 Å². The number of piperidine rings is 1. The molecular formula is C88H114N20O26S2. The fraction of sp³-hybridized carbons (Fsp3) is 0.534. The first-order valence-electron chi connectivity index (χ1n) is 44.5. The summed E-state index contributed by atoms with van der Waals surface area (Å²) >= 11 is 0. The highest BCUT2D eigenvalue weighted by atomic mass is 33.1. The number of amides is 7. The van der Waals surface area contributed by atoms with Gasteiger partial charge in [0.1, 0.15) is 60.2 Å². The number of nitrogens with two attached hydrogens (primary N) is 1. The molecule has 1 aliphatic carbocycles. The lowest BCUT2D eigenvalue weighted by Gasteiger charge is -2.64. The summed E-state index contributed by atoms with van der Waals surface area (Å²) in [6.07, 6.45) is 1.90. The number of nitrogen functional groups attached to an aromatic ring is 1. The summed E-state index contributed by atoms with van der Waals surface area (Å²) in [7, 11) is 6.79. The number of esters is 1. The number of benzene rings is 3. The second-order valence-corrected chi connectivity index (χ2v) is 37.9. The number of carbonyl (C=O) groups excluding carboxylic acids is 8. The van der Waals surface area contributed by atoms with Crippen molar-refractivity contribution in [1.29, 1.82) is 0 Å². The third-order valence-corrected chi connectivity index (χ3v) is 29.2. The topological polar surface area (TPSA) is 658 Å². The van der Waals surface area contributed by atoms with Gasteiger partial charge < -0.3 is 108 Å². The Morgan fingerprint density at radius 3 is 2.04 bits per heavy atom. The van der Waals surface area contributed by atoms with Crippen LogP contribution in [0.2, 0.25) is 0 Å². The summed E-state index contributed by atoms with van der Waals surface area (Å²) in [5.74, 6) is -14.2. The number of fused-ring (bicyclic) bond motifs is 7. The van der Waals surface area contributed by atoms with Crippen LogP contribution in [-0.2, 0) is 90.8 Å². The average molecular weight is 1930 g/mol. The number of likely N-dealkylation sites (N-methyl/N-ethyl adjacent to an activating group) is 1. The maximum absolute atomic E-state index is 15.6. The minimum absolute atomic E-state index is 0.0205. The Labute approximate surface area is 786 Å². The van der Waals surface area contributed by atoms with E-state index in [4.69, 9.17) is 24.8 Å². The molecule has 48 heteroatoms. The Hall–Kier alpha value is -12.4. The van der Waals surface area contributed by atoms with Gasteiger partial charge in [0.05, 0.1) is 76.2 Å². The third kappa shape index (κ3) is 22.0. The van der Waals surface area contributed by atoms with Crippen molar-refractivity contribution in [2.45, 2.75) is 161 Å². The molecule has 46 nitrogen and oxygen atoms in total. The highest BCUT2D eigenvalue weighted by molar-refractivity contribution is 8.76. The molecule has 6 aromatic rings. The molecule has 6 aliphatic heterocycles. The Morgan fingerprint density at radius 1 is 0.713 bits per heavy atom. The molecule has 3 saturated heterocycles. The lowest BCUT2D eigenvalue weighted by Crippen LogP contribution is -2.80. The second-order valence-electron chi connectivity index (χ2n) is 35.3. The van der Waals surface area contributed by atoms with E-state index in [0.717, 1.165) is 43.6 Å². The van der Waals surface area contributed by atoms with Crippen LogP contribution in [0, 0.1) is 11.3 Å². The smallest absolute Gasteiger partial charge is 0.423 e. The number of rotatable bonds is 43. The van der Waals surface area contributed by atoms with E-state index >= 15 is 4.79 Å². The molecule has 1 spiro atoms. The number of piperazine rings is 1. The molecule has 3 aromatic carbocycles. The number of hydrazine groups is 1. The normalized spacial score (nSPS) is 24.4. The number of ether oxygens (including phenoxy) is 3. The number of para-hydroxylation sites is 1. The Morgan fingerprint density at radius 2 is 1.38 bits per heavy atom. The molecule has 1 saturated carbocycles.